The molecule has 0 spiro atoms. The highest BCUT2D eigenvalue weighted by Crippen LogP contribution is 2.41. The minimum Gasteiger partial charge on any atom is -0.508 e. The summed E-state index contributed by atoms with van der Waals surface area (Å²) in [4.78, 5) is 12.2. The second kappa shape index (κ2) is 7.49. The molecule has 0 saturated heterocycles. The van der Waals surface area contributed by atoms with E-state index in [4.69, 9.17) is 4.74 Å². The van der Waals surface area contributed by atoms with Crippen LogP contribution in [0.5, 0.6) is 17.4 Å². The molecule has 0 aliphatic carbocycles. The number of benzene rings is 2. The average molecular weight is 367 g/mol. The van der Waals surface area contributed by atoms with E-state index in [0.717, 1.165) is 5.52 Å². The highest BCUT2D eigenvalue weighted by Gasteiger charge is 2.18. The zero-order valence-corrected chi connectivity index (χ0v) is 15.4. The molecule has 7 nitrogen and oxygen atoms in total. The number of phenols is 1. The van der Waals surface area contributed by atoms with Gasteiger partial charge in [-0.05, 0) is 48.4 Å². The Bertz CT molecular complexity index is 1000. The monoisotopic (exact) mass is 367 g/mol. The van der Waals surface area contributed by atoms with Crippen LogP contribution >= 0.6 is 0 Å². The van der Waals surface area contributed by atoms with Crippen molar-refractivity contribution in [3.05, 3.63) is 48.0 Å². The topological polar surface area (TPSA) is 96.4 Å². The van der Waals surface area contributed by atoms with Crippen molar-refractivity contribution < 1.29 is 19.7 Å². The first-order valence-electron chi connectivity index (χ1n) is 8.55. The number of aromatic hydroxyl groups is 2. The van der Waals surface area contributed by atoms with E-state index < -0.39 is 5.91 Å². The van der Waals surface area contributed by atoms with Crippen molar-refractivity contribution in [2.45, 2.75) is 20.4 Å². The molecule has 0 saturated carbocycles. The Kier molecular flexibility index (Phi) is 5.12. The quantitative estimate of drug-likeness (QED) is 0.642. The van der Waals surface area contributed by atoms with Crippen LogP contribution in [0.4, 0.5) is 5.69 Å². The molecule has 0 aliphatic heterocycles. The van der Waals surface area contributed by atoms with Crippen molar-refractivity contribution in [1.82, 2.24) is 4.57 Å². The lowest BCUT2D eigenvalue weighted by Crippen LogP contribution is -2.03. The lowest BCUT2D eigenvalue weighted by atomic mass is 10.2. The second-order valence-corrected chi connectivity index (χ2v) is 6.61. The maximum atomic E-state index is 12.2. The van der Waals surface area contributed by atoms with Gasteiger partial charge in [0.15, 0.2) is 5.69 Å². The number of nitrogens with zero attached hydrogens (tertiary/aromatic N) is 3. The van der Waals surface area contributed by atoms with Crippen LogP contribution < -0.4 is 4.74 Å². The molecule has 0 radical (unpaired) electrons. The number of phenolic OH excluding ortho intramolecular Hbond substituents is 1. The fraction of sp³-hybridized carbons (Fsp3) is 0.250. The van der Waals surface area contributed by atoms with Crippen molar-refractivity contribution in [2.24, 2.45) is 16.1 Å². The number of ether oxygens (including phenoxy) is 1. The zero-order chi connectivity index (χ0) is 19.6. The highest BCUT2D eigenvalue weighted by atomic mass is 16.5. The standard InChI is InChI=1S/C20H21N3O4/c1-12(2)11-23-17-9-8-15(27-3)10-16(17)18(20(23)26)21-22-19(25)13-4-6-14(24)7-5-13/h4-10,12,24,26H,11H2,1-3H3. The molecule has 0 unspecified atom stereocenters. The van der Waals surface area contributed by atoms with Gasteiger partial charge in [0.25, 0.3) is 5.91 Å². The number of fused-ring (bicyclic) bond motifs is 1. The predicted octanol–water partition coefficient (Wildman–Crippen LogP) is 4.64. The predicted molar refractivity (Wildman–Crippen MR) is 102 cm³/mol. The van der Waals surface area contributed by atoms with Crippen molar-refractivity contribution in [2.75, 3.05) is 7.11 Å². The van der Waals surface area contributed by atoms with Crippen LogP contribution in [0.15, 0.2) is 52.7 Å². The summed E-state index contributed by atoms with van der Waals surface area (Å²) in [6, 6.07) is 11.1. The van der Waals surface area contributed by atoms with Crippen LogP contribution in [0.2, 0.25) is 0 Å². The van der Waals surface area contributed by atoms with Gasteiger partial charge in [0.2, 0.25) is 5.88 Å². The average Bonchev–Trinajstić information content (AvgIpc) is 2.90. The van der Waals surface area contributed by atoms with E-state index in [9.17, 15) is 15.0 Å². The largest absolute Gasteiger partial charge is 0.508 e. The van der Waals surface area contributed by atoms with E-state index in [0.29, 0.717) is 29.2 Å². The Morgan fingerprint density at radius 3 is 2.48 bits per heavy atom. The first kappa shape index (κ1) is 18.4. The number of carbonyl (C=O) groups excluding carboxylic acids is 1. The summed E-state index contributed by atoms with van der Waals surface area (Å²) in [5, 5.41) is 28.4. The minimum absolute atomic E-state index is 0.0470. The number of aromatic nitrogens is 1. The third-order valence-electron chi connectivity index (χ3n) is 4.12. The second-order valence-electron chi connectivity index (χ2n) is 6.61. The van der Waals surface area contributed by atoms with Gasteiger partial charge in [0.1, 0.15) is 11.5 Å². The summed E-state index contributed by atoms with van der Waals surface area (Å²) in [5.74, 6) is 0.365. The number of azo groups is 1. The van der Waals surface area contributed by atoms with Crippen LogP contribution in [0.3, 0.4) is 0 Å². The molecular weight excluding hydrogens is 346 g/mol. The molecule has 3 rings (SSSR count). The van der Waals surface area contributed by atoms with Crippen molar-refractivity contribution >= 4 is 22.5 Å². The van der Waals surface area contributed by atoms with Crippen molar-refractivity contribution in [3.63, 3.8) is 0 Å². The van der Waals surface area contributed by atoms with Gasteiger partial charge in [-0.3, -0.25) is 4.79 Å². The van der Waals surface area contributed by atoms with Crippen LogP contribution in [0, 0.1) is 5.92 Å². The van der Waals surface area contributed by atoms with Crippen molar-refractivity contribution in [1.29, 1.82) is 0 Å². The number of methoxy groups -OCH3 is 1. The maximum absolute atomic E-state index is 12.2. The number of amides is 1. The van der Waals surface area contributed by atoms with E-state index in [1.165, 1.54) is 24.3 Å². The molecule has 27 heavy (non-hydrogen) atoms. The lowest BCUT2D eigenvalue weighted by Gasteiger charge is -2.09. The number of hydrogen-bond acceptors (Lipinski definition) is 5. The number of hydrogen-bond donors (Lipinski definition) is 2. The first-order chi connectivity index (χ1) is 12.9. The molecular formula is C20H21N3O4. The van der Waals surface area contributed by atoms with Crippen LogP contribution in [-0.4, -0.2) is 27.8 Å². The Hall–Kier alpha value is -3.35. The third kappa shape index (κ3) is 3.76. The van der Waals surface area contributed by atoms with Crippen molar-refractivity contribution in [3.8, 4) is 17.4 Å². The van der Waals surface area contributed by atoms with Gasteiger partial charge in [-0.25, -0.2) is 0 Å². The summed E-state index contributed by atoms with van der Waals surface area (Å²) < 4.78 is 7.01. The molecule has 1 amide bonds. The molecule has 0 aliphatic rings. The summed E-state index contributed by atoms with van der Waals surface area (Å²) in [6.07, 6.45) is 0. The van der Waals surface area contributed by atoms with E-state index in [1.807, 2.05) is 19.9 Å². The minimum atomic E-state index is -0.568. The van der Waals surface area contributed by atoms with E-state index in [2.05, 4.69) is 10.2 Å². The molecule has 140 valence electrons. The molecule has 3 aromatic rings. The van der Waals surface area contributed by atoms with Gasteiger partial charge in [0, 0.05) is 17.5 Å². The maximum Gasteiger partial charge on any atom is 0.295 e. The lowest BCUT2D eigenvalue weighted by molar-refractivity contribution is 0.0995. The summed E-state index contributed by atoms with van der Waals surface area (Å²) >= 11 is 0. The molecule has 1 heterocycles. The van der Waals surface area contributed by atoms with E-state index in [1.54, 1.807) is 23.8 Å². The number of carbonyl (C=O) groups is 1. The molecule has 0 fully saturated rings. The summed E-state index contributed by atoms with van der Waals surface area (Å²) in [6.45, 7) is 4.69. The van der Waals surface area contributed by atoms with Gasteiger partial charge in [0.05, 0.1) is 12.6 Å². The third-order valence-corrected chi connectivity index (χ3v) is 4.12. The SMILES string of the molecule is COc1ccc2c(c1)c(N=NC(=O)c1ccc(O)cc1)c(O)n2CC(C)C. The Morgan fingerprint density at radius 2 is 1.85 bits per heavy atom. The molecule has 0 bridgehead atoms. The van der Waals surface area contributed by atoms with Gasteiger partial charge in [-0.15, -0.1) is 10.2 Å². The van der Waals surface area contributed by atoms with Crippen LogP contribution in [-0.2, 0) is 6.54 Å². The van der Waals surface area contributed by atoms with Crippen LogP contribution in [0.25, 0.3) is 10.9 Å². The van der Waals surface area contributed by atoms with Gasteiger partial charge >= 0.3 is 0 Å². The number of rotatable bonds is 5. The van der Waals surface area contributed by atoms with Crippen LogP contribution in [0.1, 0.15) is 24.2 Å². The molecule has 0 atom stereocenters. The summed E-state index contributed by atoms with van der Waals surface area (Å²) in [7, 11) is 1.56. The van der Waals surface area contributed by atoms with Gasteiger partial charge in [-0.1, -0.05) is 13.8 Å². The highest BCUT2D eigenvalue weighted by molar-refractivity contribution is 5.98. The summed E-state index contributed by atoms with van der Waals surface area (Å²) in [5.41, 5.74) is 1.30. The molecule has 7 heteroatoms. The Morgan fingerprint density at radius 1 is 1.15 bits per heavy atom. The first-order valence-corrected chi connectivity index (χ1v) is 8.55. The van der Waals surface area contributed by atoms with E-state index in [-0.39, 0.29) is 17.3 Å². The molecule has 2 aromatic carbocycles. The zero-order valence-electron chi connectivity index (χ0n) is 15.4. The Labute approximate surface area is 156 Å². The molecule has 2 N–H and O–H groups in total. The Balaban J connectivity index is 2.05. The van der Waals surface area contributed by atoms with E-state index >= 15 is 0 Å². The van der Waals surface area contributed by atoms with Gasteiger partial charge in [-0.2, -0.15) is 0 Å². The fourth-order valence-corrected chi connectivity index (χ4v) is 2.84. The fourth-order valence-electron chi connectivity index (χ4n) is 2.84. The normalized spacial score (nSPS) is 11.6. The van der Waals surface area contributed by atoms with Gasteiger partial charge < -0.3 is 19.5 Å². The smallest absolute Gasteiger partial charge is 0.295 e. The molecule has 1 aromatic heterocycles.